The van der Waals surface area contributed by atoms with Gasteiger partial charge in [0.05, 0.1) is 5.75 Å². The minimum atomic E-state index is -3.33. The second-order valence-electron chi connectivity index (χ2n) is 5.49. The fraction of sp³-hybridized carbons (Fsp3) is 0.800. The summed E-state index contributed by atoms with van der Waals surface area (Å²) in [6.45, 7) is 4.25. The average Bonchev–Trinajstić information content (AvgIpc) is 2.56. The Morgan fingerprint density at radius 3 is 2.73 bits per heavy atom. The maximum Gasteiger partial charge on any atom is 0.273 e. The highest BCUT2D eigenvalue weighted by molar-refractivity contribution is 7.89. The third kappa shape index (κ3) is 0.844. The third-order valence-corrected chi connectivity index (χ3v) is 6.57. The Hall–Kier alpha value is -0.390. The molecule has 5 heteroatoms. The standard InChI is InChI=1S/C10H15NO3S/c1-9(2)7-3-4-10(9)6-15(13,14)11(12)8(10)5-7/h3,8,12H,4-6H2,1-2H3/p+1. The van der Waals surface area contributed by atoms with Gasteiger partial charge in [-0.3, -0.25) is 0 Å². The number of hydrogen-bond acceptors (Lipinski definition) is 2. The zero-order chi connectivity index (χ0) is 11.1. The molecule has 0 aromatic rings. The van der Waals surface area contributed by atoms with Gasteiger partial charge in [0.15, 0.2) is 0 Å². The van der Waals surface area contributed by atoms with Gasteiger partial charge in [0.25, 0.3) is 10.0 Å². The van der Waals surface area contributed by atoms with Crippen molar-refractivity contribution in [2.45, 2.75) is 32.7 Å². The molecule has 2 fully saturated rings. The van der Waals surface area contributed by atoms with Gasteiger partial charge >= 0.3 is 0 Å². The van der Waals surface area contributed by atoms with Crippen LogP contribution in [0.1, 0.15) is 26.7 Å². The van der Waals surface area contributed by atoms with Crippen LogP contribution in [0.25, 0.3) is 0 Å². The first-order chi connectivity index (χ1) is 6.81. The van der Waals surface area contributed by atoms with E-state index in [1.54, 1.807) is 0 Å². The van der Waals surface area contributed by atoms with Gasteiger partial charge in [0.2, 0.25) is 0 Å². The predicted molar refractivity (Wildman–Crippen MR) is 56.6 cm³/mol. The Morgan fingerprint density at radius 2 is 2.20 bits per heavy atom. The van der Waals surface area contributed by atoms with E-state index in [4.69, 9.17) is 5.21 Å². The maximum atomic E-state index is 11.8. The van der Waals surface area contributed by atoms with Crippen molar-refractivity contribution < 1.29 is 13.6 Å². The molecule has 2 unspecified atom stereocenters. The molecule has 84 valence electrons. The van der Waals surface area contributed by atoms with E-state index in [2.05, 4.69) is 19.9 Å². The molecule has 0 radical (unpaired) electrons. The monoisotopic (exact) mass is 230 g/mol. The van der Waals surface area contributed by atoms with Crippen LogP contribution in [0.15, 0.2) is 11.6 Å². The van der Waals surface area contributed by atoms with E-state index >= 15 is 0 Å². The second kappa shape index (κ2) is 2.31. The summed E-state index contributed by atoms with van der Waals surface area (Å²) in [4.78, 5) is 0. The zero-order valence-corrected chi connectivity index (χ0v) is 9.76. The molecule has 2 N–H and O–H groups in total. The first-order valence-corrected chi connectivity index (χ1v) is 6.85. The molecule has 0 amide bonds. The van der Waals surface area contributed by atoms with Crippen LogP contribution >= 0.6 is 0 Å². The van der Waals surface area contributed by atoms with Gasteiger partial charge in [0, 0.05) is 9.88 Å². The average molecular weight is 230 g/mol. The van der Waals surface area contributed by atoms with E-state index in [-0.39, 0.29) is 22.6 Å². The lowest BCUT2D eigenvalue weighted by atomic mass is 9.69. The molecule has 1 spiro atoms. The van der Waals surface area contributed by atoms with Crippen molar-refractivity contribution in [2.75, 3.05) is 5.75 Å². The Balaban J connectivity index is 2.19. The molecule has 1 aliphatic heterocycles. The molecular weight excluding hydrogens is 214 g/mol. The summed E-state index contributed by atoms with van der Waals surface area (Å²) >= 11 is 0. The molecule has 2 aliphatic carbocycles. The summed E-state index contributed by atoms with van der Waals surface area (Å²) in [6, 6.07) is -0.113. The predicted octanol–water partition coefficient (Wildman–Crippen LogP) is 0.386. The summed E-state index contributed by atoms with van der Waals surface area (Å²) in [5.41, 5.74) is 1.09. The van der Waals surface area contributed by atoms with Crippen LogP contribution in [-0.4, -0.2) is 29.9 Å². The van der Waals surface area contributed by atoms with E-state index in [1.165, 1.54) is 5.57 Å². The number of sulfonamides is 1. The van der Waals surface area contributed by atoms with Crippen LogP contribution in [0.5, 0.6) is 0 Å². The van der Waals surface area contributed by atoms with Gasteiger partial charge in [-0.25, -0.2) is 8.42 Å². The van der Waals surface area contributed by atoms with Crippen LogP contribution in [0.2, 0.25) is 0 Å². The molecule has 15 heavy (non-hydrogen) atoms. The normalized spacial score (nSPS) is 45.5. The summed E-state index contributed by atoms with van der Waals surface area (Å²) in [6.07, 6.45) is 3.77. The highest BCUT2D eigenvalue weighted by Gasteiger charge is 2.70. The van der Waals surface area contributed by atoms with Crippen molar-refractivity contribution in [2.24, 2.45) is 10.8 Å². The number of nitrogens with zero attached hydrogens (tertiary/aromatic N) is 1. The SMILES string of the molecule is CC1(C)C2=CCC13CS(=O)(=O)N([OH2+])C3C2. The van der Waals surface area contributed by atoms with Crippen molar-refractivity contribution in [3.63, 3.8) is 0 Å². The number of allylic oxidation sites excluding steroid dienone is 1. The van der Waals surface area contributed by atoms with Crippen LogP contribution in [0.4, 0.5) is 0 Å². The van der Waals surface area contributed by atoms with Crippen LogP contribution in [0.3, 0.4) is 0 Å². The van der Waals surface area contributed by atoms with Crippen molar-refractivity contribution in [3.8, 4) is 0 Å². The lowest BCUT2D eigenvalue weighted by Crippen LogP contribution is -2.40. The van der Waals surface area contributed by atoms with Crippen LogP contribution in [0, 0.1) is 10.8 Å². The first-order valence-electron chi connectivity index (χ1n) is 5.24. The molecule has 2 atom stereocenters. The molecule has 4 nitrogen and oxygen atoms in total. The van der Waals surface area contributed by atoms with Gasteiger partial charge in [-0.15, -0.1) is 0 Å². The van der Waals surface area contributed by atoms with E-state index in [9.17, 15) is 8.42 Å². The molecule has 3 rings (SSSR count). The molecule has 0 aromatic heterocycles. The molecule has 0 aromatic carbocycles. The number of hydroxylamine groups is 1. The maximum absolute atomic E-state index is 11.8. The number of fused-ring (bicyclic) bond motifs is 1. The zero-order valence-electron chi connectivity index (χ0n) is 8.95. The molecular formula is C10H16NO3S+. The van der Waals surface area contributed by atoms with Crippen molar-refractivity contribution in [1.29, 1.82) is 0 Å². The summed E-state index contributed by atoms with van der Waals surface area (Å²) in [7, 11) is -3.33. The molecule has 1 saturated heterocycles. The second-order valence-corrected chi connectivity index (χ2v) is 7.33. The van der Waals surface area contributed by atoms with Crippen molar-refractivity contribution in [3.05, 3.63) is 11.6 Å². The smallest absolute Gasteiger partial charge is 0.273 e. The molecule has 3 aliphatic rings. The molecule has 1 heterocycles. The quantitative estimate of drug-likeness (QED) is 0.446. The Kier molecular flexibility index (Phi) is 1.51. The Labute approximate surface area is 89.6 Å². The van der Waals surface area contributed by atoms with Crippen LogP contribution < -0.4 is 0 Å². The van der Waals surface area contributed by atoms with Crippen LogP contribution in [-0.2, 0) is 10.0 Å². The van der Waals surface area contributed by atoms with Gasteiger partial charge in [-0.05, 0) is 18.3 Å². The van der Waals surface area contributed by atoms with E-state index in [1.807, 2.05) is 0 Å². The van der Waals surface area contributed by atoms with Crippen molar-refractivity contribution in [1.82, 2.24) is 4.47 Å². The lowest BCUT2D eigenvalue weighted by molar-refractivity contribution is -0.0612. The Bertz CT molecular complexity index is 465. The fourth-order valence-electron chi connectivity index (χ4n) is 3.66. The Morgan fingerprint density at radius 1 is 1.53 bits per heavy atom. The number of hydrogen-bond donors (Lipinski definition) is 0. The molecule has 2 bridgehead atoms. The van der Waals surface area contributed by atoms with E-state index in [0.29, 0.717) is 0 Å². The first kappa shape index (κ1) is 9.81. The molecule has 1 saturated carbocycles. The fourth-order valence-corrected chi connectivity index (χ4v) is 5.79. The minimum Gasteiger partial charge on any atom is -0.325 e. The topological polar surface area (TPSA) is 60.3 Å². The summed E-state index contributed by atoms with van der Waals surface area (Å²) in [5.74, 6) is 0.154. The lowest BCUT2D eigenvalue weighted by Gasteiger charge is -2.35. The van der Waals surface area contributed by atoms with Gasteiger partial charge < -0.3 is 5.21 Å². The largest absolute Gasteiger partial charge is 0.325 e. The highest BCUT2D eigenvalue weighted by Crippen LogP contribution is 2.66. The van der Waals surface area contributed by atoms with Gasteiger partial charge in [-0.1, -0.05) is 25.5 Å². The van der Waals surface area contributed by atoms with Gasteiger partial charge in [0.1, 0.15) is 6.04 Å². The van der Waals surface area contributed by atoms with Crippen molar-refractivity contribution >= 4 is 10.0 Å². The highest BCUT2D eigenvalue weighted by atomic mass is 32.2. The minimum absolute atomic E-state index is 0.0411. The van der Waals surface area contributed by atoms with Gasteiger partial charge in [-0.2, -0.15) is 0 Å². The third-order valence-electron chi connectivity index (χ3n) is 4.83. The summed E-state index contributed by atoms with van der Waals surface area (Å²) in [5, 5.41) is 7.71. The van der Waals surface area contributed by atoms with E-state index in [0.717, 1.165) is 17.3 Å². The van der Waals surface area contributed by atoms with E-state index < -0.39 is 10.0 Å². The summed E-state index contributed by atoms with van der Waals surface area (Å²) < 4.78 is 24.4. The number of rotatable bonds is 0.